The third kappa shape index (κ3) is 2.68. The highest BCUT2D eigenvalue weighted by molar-refractivity contribution is 7.80. The lowest BCUT2D eigenvalue weighted by atomic mass is 9.86. The van der Waals surface area contributed by atoms with E-state index < -0.39 is 0 Å². The van der Waals surface area contributed by atoms with Gasteiger partial charge in [-0.3, -0.25) is 4.79 Å². The SMILES string of the molecule is CC1CC(C)C(C)N(C(=O)c2cc(S)cs2)C1. The van der Waals surface area contributed by atoms with E-state index in [-0.39, 0.29) is 5.91 Å². The van der Waals surface area contributed by atoms with Gasteiger partial charge >= 0.3 is 0 Å². The summed E-state index contributed by atoms with van der Waals surface area (Å²) in [5.41, 5.74) is 0. The Balaban J connectivity index is 2.18. The number of piperidine rings is 1. The first-order valence-corrected chi connectivity index (χ1v) is 7.40. The lowest BCUT2D eigenvalue weighted by Gasteiger charge is -2.40. The summed E-state index contributed by atoms with van der Waals surface area (Å²) >= 11 is 5.75. The molecule has 0 spiro atoms. The van der Waals surface area contributed by atoms with Crippen molar-refractivity contribution in [2.75, 3.05) is 6.54 Å². The number of hydrogen-bond donors (Lipinski definition) is 1. The quantitative estimate of drug-likeness (QED) is 0.773. The van der Waals surface area contributed by atoms with Crippen molar-refractivity contribution in [3.8, 4) is 0 Å². The van der Waals surface area contributed by atoms with Crippen LogP contribution in [-0.4, -0.2) is 23.4 Å². The zero-order chi connectivity index (χ0) is 12.6. The number of amides is 1. The number of likely N-dealkylation sites (tertiary alicyclic amines) is 1. The van der Waals surface area contributed by atoms with Gasteiger partial charge in [0.2, 0.25) is 0 Å². The monoisotopic (exact) mass is 269 g/mol. The first-order valence-electron chi connectivity index (χ1n) is 6.07. The molecule has 2 nitrogen and oxygen atoms in total. The molecule has 4 heteroatoms. The second kappa shape index (κ2) is 5.02. The molecule has 94 valence electrons. The molecule has 0 radical (unpaired) electrons. The van der Waals surface area contributed by atoms with Crippen LogP contribution in [0.2, 0.25) is 0 Å². The highest BCUT2D eigenvalue weighted by Gasteiger charge is 2.32. The van der Waals surface area contributed by atoms with Crippen LogP contribution in [0.15, 0.2) is 16.3 Å². The normalized spacial score (nSPS) is 29.4. The molecular formula is C13H19NOS2. The Bertz CT molecular complexity index is 415. The Labute approximate surface area is 112 Å². The first kappa shape index (κ1) is 13.0. The van der Waals surface area contributed by atoms with E-state index in [0.29, 0.717) is 17.9 Å². The molecule has 0 aromatic carbocycles. The molecule has 1 saturated heterocycles. The fourth-order valence-corrected chi connectivity index (χ4v) is 3.67. The van der Waals surface area contributed by atoms with Gasteiger partial charge in [0.05, 0.1) is 4.88 Å². The van der Waals surface area contributed by atoms with Crippen LogP contribution in [0, 0.1) is 11.8 Å². The molecule has 0 N–H and O–H groups in total. The van der Waals surface area contributed by atoms with Gasteiger partial charge in [0.1, 0.15) is 0 Å². The molecule has 3 unspecified atom stereocenters. The van der Waals surface area contributed by atoms with E-state index in [9.17, 15) is 4.79 Å². The lowest BCUT2D eigenvalue weighted by molar-refractivity contribution is 0.0460. The summed E-state index contributed by atoms with van der Waals surface area (Å²) in [4.78, 5) is 16.1. The van der Waals surface area contributed by atoms with Crippen LogP contribution in [0.25, 0.3) is 0 Å². The number of thiophene rings is 1. The molecule has 2 rings (SSSR count). The molecule has 1 aliphatic heterocycles. The minimum absolute atomic E-state index is 0.168. The Morgan fingerprint density at radius 2 is 2.18 bits per heavy atom. The zero-order valence-electron chi connectivity index (χ0n) is 10.5. The molecule has 0 saturated carbocycles. The standard InChI is InChI=1S/C13H19NOS2/c1-8-4-9(2)10(3)14(6-8)13(15)12-5-11(16)7-17-12/h5,7-10,16H,4,6H2,1-3H3. The fraction of sp³-hybridized carbons (Fsp3) is 0.615. The molecule has 17 heavy (non-hydrogen) atoms. The van der Waals surface area contributed by atoms with E-state index in [4.69, 9.17) is 0 Å². The van der Waals surface area contributed by atoms with Crippen LogP contribution < -0.4 is 0 Å². The van der Waals surface area contributed by atoms with E-state index in [0.717, 1.165) is 16.3 Å². The molecule has 1 amide bonds. The van der Waals surface area contributed by atoms with Gasteiger partial charge in [-0.05, 0) is 31.2 Å². The van der Waals surface area contributed by atoms with Gasteiger partial charge in [0.15, 0.2) is 0 Å². The molecule has 1 aliphatic rings. The van der Waals surface area contributed by atoms with E-state index in [1.54, 1.807) is 0 Å². The van der Waals surface area contributed by atoms with Gasteiger partial charge in [0, 0.05) is 22.9 Å². The average molecular weight is 269 g/mol. The highest BCUT2D eigenvalue weighted by Crippen LogP contribution is 2.29. The molecule has 0 aliphatic carbocycles. The van der Waals surface area contributed by atoms with Crippen molar-refractivity contribution in [1.82, 2.24) is 4.90 Å². The molecular weight excluding hydrogens is 250 g/mol. The van der Waals surface area contributed by atoms with Gasteiger partial charge in [-0.1, -0.05) is 13.8 Å². The number of hydrogen-bond acceptors (Lipinski definition) is 3. The summed E-state index contributed by atoms with van der Waals surface area (Å²) in [6.45, 7) is 7.49. The minimum Gasteiger partial charge on any atom is -0.335 e. The second-order valence-electron chi connectivity index (χ2n) is 5.19. The van der Waals surface area contributed by atoms with Gasteiger partial charge in [-0.2, -0.15) is 0 Å². The largest absolute Gasteiger partial charge is 0.335 e. The predicted molar refractivity (Wildman–Crippen MR) is 75.0 cm³/mol. The Hall–Kier alpha value is -0.480. The van der Waals surface area contributed by atoms with E-state index in [1.807, 2.05) is 16.3 Å². The van der Waals surface area contributed by atoms with Crippen LogP contribution in [0.4, 0.5) is 0 Å². The average Bonchev–Trinajstić information content (AvgIpc) is 2.69. The van der Waals surface area contributed by atoms with Crippen LogP contribution in [0.3, 0.4) is 0 Å². The van der Waals surface area contributed by atoms with Crippen LogP contribution in [0.5, 0.6) is 0 Å². The maximum Gasteiger partial charge on any atom is 0.264 e. The number of carbonyl (C=O) groups is 1. The number of carbonyl (C=O) groups excluding carboxylic acids is 1. The van der Waals surface area contributed by atoms with Gasteiger partial charge in [-0.15, -0.1) is 24.0 Å². The van der Waals surface area contributed by atoms with Crippen molar-refractivity contribution in [3.63, 3.8) is 0 Å². The molecule has 1 aromatic rings. The summed E-state index contributed by atoms with van der Waals surface area (Å²) in [7, 11) is 0. The summed E-state index contributed by atoms with van der Waals surface area (Å²) in [6.07, 6.45) is 1.22. The highest BCUT2D eigenvalue weighted by atomic mass is 32.1. The van der Waals surface area contributed by atoms with Gasteiger partial charge < -0.3 is 4.90 Å². The smallest absolute Gasteiger partial charge is 0.264 e. The summed E-state index contributed by atoms with van der Waals surface area (Å²) in [6, 6.07) is 2.21. The maximum absolute atomic E-state index is 12.4. The summed E-state index contributed by atoms with van der Waals surface area (Å²) in [5.74, 6) is 1.35. The van der Waals surface area contributed by atoms with Gasteiger partial charge in [0.25, 0.3) is 5.91 Å². The third-order valence-corrected chi connectivity index (χ3v) is 5.01. The molecule has 0 bridgehead atoms. The second-order valence-corrected chi connectivity index (χ2v) is 6.61. The fourth-order valence-electron chi connectivity index (χ4n) is 2.56. The molecule has 1 fully saturated rings. The van der Waals surface area contributed by atoms with E-state index in [1.165, 1.54) is 17.8 Å². The Morgan fingerprint density at radius 3 is 2.76 bits per heavy atom. The van der Waals surface area contributed by atoms with Crippen molar-refractivity contribution >= 4 is 29.9 Å². The Kier molecular flexibility index (Phi) is 3.83. The van der Waals surface area contributed by atoms with Crippen molar-refractivity contribution in [2.45, 2.75) is 38.1 Å². The minimum atomic E-state index is 0.168. The molecule has 1 aromatic heterocycles. The topological polar surface area (TPSA) is 20.3 Å². The van der Waals surface area contributed by atoms with E-state index >= 15 is 0 Å². The van der Waals surface area contributed by atoms with Crippen LogP contribution in [-0.2, 0) is 0 Å². The third-order valence-electron chi connectivity index (χ3n) is 3.65. The van der Waals surface area contributed by atoms with Crippen molar-refractivity contribution < 1.29 is 4.79 Å². The van der Waals surface area contributed by atoms with Crippen molar-refractivity contribution in [1.29, 1.82) is 0 Å². The number of rotatable bonds is 1. The van der Waals surface area contributed by atoms with Crippen LogP contribution in [0.1, 0.15) is 36.9 Å². The van der Waals surface area contributed by atoms with Crippen molar-refractivity contribution in [3.05, 3.63) is 16.3 Å². The molecule has 3 atom stereocenters. The van der Waals surface area contributed by atoms with Gasteiger partial charge in [-0.25, -0.2) is 0 Å². The number of nitrogens with zero attached hydrogens (tertiary/aromatic N) is 1. The predicted octanol–water partition coefficient (Wildman–Crippen LogP) is 3.54. The van der Waals surface area contributed by atoms with Crippen LogP contribution >= 0.6 is 24.0 Å². The summed E-state index contributed by atoms with van der Waals surface area (Å²) < 4.78 is 0. The van der Waals surface area contributed by atoms with Crippen molar-refractivity contribution in [2.24, 2.45) is 11.8 Å². The maximum atomic E-state index is 12.4. The zero-order valence-corrected chi connectivity index (χ0v) is 12.2. The first-order chi connectivity index (χ1) is 7.99. The lowest BCUT2D eigenvalue weighted by Crippen LogP contribution is -2.48. The van der Waals surface area contributed by atoms with E-state index in [2.05, 4.69) is 33.4 Å². The summed E-state index contributed by atoms with van der Waals surface area (Å²) in [5, 5.41) is 1.91. The number of thiol groups is 1. The Morgan fingerprint density at radius 1 is 1.47 bits per heavy atom. The molecule has 2 heterocycles.